The van der Waals surface area contributed by atoms with E-state index in [4.69, 9.17) is 5.73 Å². The first-order valence-electron chi connectivity index (χ1n) is 16.4. The quantitative estimate of drug-likeness (QED) is 0.362. The first-order chi connectivity index (χ1) is 19.4. The Morgan fingerprint density at radius 1 is 0.975 bits per heavy atom. The van der Waals surface area contributed by atoms with Gasteiger partial charge in [0.05, 0.1) is 18.6 Å². The van der Waals surface area contributed by atoms with Crippen LogP contribution in [0.5, 0.6) is 0 Å². The van der Waals surface area contributed by atoms with Crippen LogP contribution in [0.25, 0.3) is 0 Å². The van der Waals surface area contributed by atoms with Crippen molar-refractivity contribution in [3.63, 3.8) is 0 Å². The molecule has 222 valence electrons. The number of likely N-dealkylation sites (tertiary alicyclic amines) is 1. The Kier molecular flexibility index (Phi) is 9.93. The van der Waals surface area contributed by atoms with Gasteiger partial charge in [-0.25, -0.2) is 0 Å². The van der Waals surface area contributed by atoms with E-state index >= 15 is 0 Å². The molecule has 40 heavy (non-hydrogen) atoms. The predicted molar refractivity (Wildman–Crippen MR) is 167 cm³/mol. The van der Waals surface area contributed by atoms with Gasteiger partial charge < -0.3 is 20.4 Å². The number of hydrogen-bond acceptors (Lipinski definition) is 5. The summed E-state index contributed by atoms with van der Waals surface area (Å²) in [6.07, 6.45) is 12.9. The van der Waals surface area contributed by atoms with Gasteiger partial charge in [-0.3, -0.25) is 15.3 Å². The Morgan fingerprint density at radius 2 is 1.75 bits per heavy atom. The molecule has 0 radical (unpaired) electrons. The lowest BCUT2D eigenvalue weighted by Crippen LogP contribution is -2.51. The summed E-state index contributed by atoms with van der Waals surface area (Å²) in [6, 6.07) is 12.6. The molecule has 1 aromatic carbocycles. The van der Waals surface area contributed by atoms with Gasteiger partial charge in [-0.2, -0.15) is 0 Å². The van der Waals surface area contributed by atoms with Crippen LogP contribution in [0, 0.1) is 17.2 Å². The highest BCUT2D eigenvalue weighted by molar-refractivity contribution is 5.80. The zero-order valence-corrected chi connectivity index (χ0v) is 25.5. The third-order valence-electron chi connectivity index (χ3n) is 10.1. The maximum Gasteiger partial charge on any atom is 0.194 e. The lowest BCUT2D eigenvalue weighted by atomic mass is 10.0. The standard InChI is InChI=1S/C33H55N7/c1-25(2)19-30-21-36-32(34)40(30)23-29-16-10-17-37(29)22-26(3)39-24-31(20-28-13-5-4-6-14-28)38(33(39)35)18-9-15-27-11-7-8-12-27/h4-6,13-14,25-27,29-31,35H,7-12,15-24H2,1-3H3,(H2,34,36)/t26-,29-,30+,31+/m0/s1. The third kappa shape index (κ3) is 7.13. The number of nitrogens with zero attached hydrogens (tertiary/aromatic N) is 5. The Balaban J connectivity index is 1.20. The zero-order valence-electron chi connectivity index (χ0n) is 25.5. The van der Waals surface area contributed by atoms with E-state index in [1.165, 1.54) is 56.9 Å². The highest BCUT2D eigenvalue weighted by atomic mass is 15.5. The summed E-state index contributed by atoms with van der Waals surface area (Å²) in [6.45, 7) is 12.9. The van der Waals surface area contributed by atoms with Crippen LogP contribution < -0.4 is 5.73 Å². The van der Waals surface area contributed by atoms with E-state index in [1.54, 1.807) is 0 Å². The lowest BCUT2D eigenvalue weighted by Gasteiger charge is -2.36. The zero-order chi connectivity index (χ0) is 28.1. The summed E-state index contributed by atoms with van der Waals surface area (Å²) in [5, 5.41) is 9.29. The normalized spacial score (nSPS) is 27.0. The van der Waals surface area contributed by atoms with Gasteiger partial charge in [0.1, 0.15) is 0 Å². The first kappa shape index (κ1) is 29.2. The van der Waals surface area contributed by atoms with E-state index < -0.39 is 0 Å². The number of rotatable bonds is 13. The fourth-order valence-electron chi connectivity index (χ4n) is 7.91. The van der Waals surface area contributed by atoms with Crippen molar-refractivity contribution in [3.8, 4) is 0 Å². The topological polar surface area (TPSA) is 75.2 Å². The molecule has 5 rings (SSSR count). The highest BCUT2D eigenvalue weighted by Gasteiger charge is 2.39. The van der Waals surface area contributed by atoms with Gasteiger partial charge in [0.25, 0.3) is 0 Å². The van der Waals surface area contributed by atoms with Crippen LogP contribution in [0.4, 0.5) is 0 Å². The van der Waals surface area contributed by atoms with Crippen LogP contribution in [-0.4, -0.2) is 95.0 Å². The van der Waals surface area contributed by atoms with Crippen molar-refractivity contribution in [1.82, 2.24) is 19.6 Å². The maximum absolute atomic E-state index is 9.29. The van der Waals surface area contributed by atoms with Crippen LogP contribution in [0.15, 0.2) is 35.3 Å². The molecule has 7 nitrogen and oxygen atoms in total. The fraction of sp³-hybridized carbons (Fsp3) is 0.758. The van der Waals surface area contributed by atoms with Crippen LogP contribution in [0.2, 0.25) is 0 Å². The molecular formula is C33H55N7. The van der Waals surface area contributed by atoms with Crippen molar-refractivity contribution < 1.29 is 0 Å². The minimum Gasteiger partial charge on any atom is -0.370 e. The number of nitrogens with one attached hydrogen (secondary N) is 1. The molecule has 3 aliphatic heterocycles. The van der Waals surface area contributed by atoms with Crippen molar-refractivity contribution in [2.24, 2.45) is 22.6 Å². The molecule has 4 aliphatic rings. The summed E-state index contributed by atoms with van der Waals surface area (Å²) < 4.78 is 0. The molecule has 1 aliphatic carbocycles. The Bertz CT molecular complexity index is 972. The molecule has 2 saturated heterocycles. The SMILES string of the molecule is CC(C)C[C@@H]1CN=C(N)N1C[C@@H]1CCCN1C[C@H](C)N1C[C@@H](Cc2ccccc2)N(CCCC2CCCC2)C1=N. The Morgan fingerprint density at radius 3 is 2.50 bits per heavy atom. The van der Waals surface area contributed by atoms with Crippen LogP contribution >= 0.6 is 0 Å². The minimum absolute atomic E-state index is 0.322. The summed E-state index contributed by atoms with van der Waals surface area (Å²) in [5.74, 6) is 3.06. The highest BCUT2D eigenvalue weighted by Crippen LogP contribution is 2.30. The van der Waals surface area contributed by atoms with Crippen molar-refractivity contribution in [2.75, 3.05) is 39.3 Å². The van der Waals surface area contributed by atoms with Gasteiger partial charge in [-0.05, 0) is 69.4 Å². The average molecular weight is 550 g/mol. The molecule has 1 saturated carbocycles. The molecule has 7 heteroatoms. The smallest absolute Gasteiger partial charge is 0.194 e. The third-order valence-corrected chi connectivity index (χ3v) is 10.1. The van der Waals surface area contributed by atoms with E-state index in [0.29, 0.717) is 30.1 Å². The van der Waals surface area contributed by atoms with Gasteiger partial charge in [0, 0.05) is 38.3 Å². The summed E-state index contributed by atoms with van der Waals surface area (Å²) >= 11 is 0. The van der Waals surface area contributed by atoms with Crippen LogP contribution in [-0.2, 0) is 6.42 Å². The van der Waals surface area contributed by atoms with Crippen molar-refractivity contribution in [1.29, 1.82) is 5.41 Å². The summed E-state index contributed by atoms with van der Waals surface area (Å²) in [4.78, 5) is 14.5. The minimum atomic E-state index is 0.322. The first-order valence-corrected chi connectivity index (χ1v) is 16.4. The van der Waals surface area contributed by atoms with Crippen LogP contribution in [0.1, 0.15) is 84.1 Å². The second-order valence-electron chi connectivity index (χ2n) is 13.6. The molecule has 3 heterocycles. The molecular weight excluding hydrogens is 494 g/mol. The van der Waals surface area contributed by atoms with E-state index in [2.05, 4.69) is 75.7 Å². The Labute approximate surface area is 243 Å². The molecule has 1 aromatic rings. The second kappa shape index (κ2) is 13.6. The van der Waals surface area contributed by atoms with E-state index in [-0.39, 0.29) is 0 Å². The number of nitrogens with two attached hydrogens (primary N) is 1. The molecule has 0 amide bonds. The van der Waals surface area contributed by atoms with Crippen molar-refractivity contribution in [3.05, 3.63) is 35.9 Å². The molecule has 0 bridgehead atoms. The van der Waals surface area contributed by atoms with Gasteiger partial charge >= 0.3 is 0 Å². The molecule has 0 aromatic heterocycles. The average Bonchev–Trinajstić information content (AvgIpc) is 3.73. The van der Waals surface area contributed by atoms with Gasteiger partial charge in [0.15, 0.2) is 11.9 Å². The summed E-state index contributed by atoms with van der Waals surface area (Å²) in [7, 11) is 0. The van der Waals surface area contributed by atoms with Crippen molar-refractivity contribution in [2.45, 2.75) is 109 Å². The largest absolute Gasteiger partial charge is 0.370 e. The maximum atomic E-state index is 9.29. The van der Waals surface area contributed by atoms with E-state index in [0.717, 1.165) is 69.9 Å². The molecule has 4 atom stereocenters. The van der Waals surface area contributed by atoms with Crippen molar-refractivity contribution >= 4 is 11.9 Å². The van der Waals surface area contributed by atoms with Gasteiger partial charge in [-0.1, -0.05) is 69.9 Å². The van der Waals surface area contributed by atoms with E-state index in [1.807, 2.05) is 0 Å². The lowest BCUT2D eigenvalue weighted by molar-refractivity contribution is 0.159. The second-order valence-corrected chi connectivity index (χ2v) is 13.6. The number of hydrogen-bond donors (Lipinski definition) is 2. The summed E-state index contributed by atoms with van der Waals surface area (Å²) in [5.41, 5.74) is 7.76. The Hall–Kier alpha value is -2.28. The monoisotopic (exact) mass is 549 g/mol. The number of aliphatic imine (C=N–C) groups is 1. The molecule has 0 unspecified atom stereocenters. The van der Waals surface area contributed by atoms with Gasteiger partial charge in [-0.15, -0.1) is 0 Å². The number of guanidine groups is 2. The fourth-order valence-corrected chi connectivity index (χ4v) is 7.91. The van der Waals surface area contributed by atoms with Gasteiger partial charge in [0.2, 0.25) is 0 Å². The molecule has 3 fully saturated rings. The van der Waals surface area contributed by atoms with E-state index in [9.17, 15) is 5.41 Å². The predicted octanol–water partition coefficient (Wildman–Crippen LogP) is 5.02. The van der Waals surface area contributed by atoms with Crippen LogP contribution in [0.3, 0.4) is 0 Å². The number of benzene rings is 1. The molecule has 3 N–H and O–H groups in total. The molecule has 0 spiro atoms.